The van der Waals surface area contributed by atoms with Gasteiger partial charge in [0.05, 0.1) is 17.3 Å². The summed E-state index contributed by atoms with van der Waals surface area (Å²) >= 11 is 0. The maximum absolute atomic E-state index is 6.28. The SMILES string of the molecule is CNCCN(C)Cc1cccc(-c2cc(Oc3ccccc3)c3cnn(C(C)C)c3n2)c1. The molecular weight excluding hydrogens is 398 g/mol. The van der Waals surface area contributed by atoms with Crippen LogP contribution in [0.25, 0.3) is 22.3 Å². The van der Waals surface area contributed by atoms with Gasteiger partial charge in [-0.05, 0) is 51.7 Å². The van der Waals surface area contributed by atoms with Gasteiger partial charge in [0.15, 0.2) is 5.65 Å². The van der Waals surface area contributed by atoms with Crippen LogP contribution in [0.3, 0.4) is 0 Å². The van der Waals surface area contributed by atoms with E-state index in [1.54, 1.807) is 0 Å². The molecule has 0 aliphatic carbocycles. The number of likely N-dealkylation sites (N-methyl/N-ethyl adjacent to an activating group) is 2. The molecule has 2 aromatic carbocycles. The zero-order valence-electron chi connectivity index (χ0n) is 19.2. The van der Waals surface area contributed by atoms with E-state index < -0.39 is 0 Å². The van der Waals surface area contributed by atoms with Crippen molar-refractivity contribution in [3.8, 4) is 22.8 Å². The van der Waals surface area contributed by atoms with Gasteiger partial charge >= 0.3 is 0 Å². The molecule has 0 saturated carbocycles. The van der Waals surface area contributed by atoms with Crippen LogP contribution in [-0.2, 0) is 6.54 Å². The summed E-state index contributed by atoms with van der Waals surface area (Å²) in [5, 5.41) is 8.69. The van der Waals surface area contributed by atoms with Crippen LogP contribution in [0.2, 0.25) is 0 Å². The van der Waals surface area contributed by atoms with Crippen molar-refractivity contribution in [3.63, 3.8) is 0 Å². The maximum atomic E-state index is 6.28. The average molecular weight is 430 g/mol. The Morgan fingerprint density at radius 2 is 1.88 bits per heavy atom. The van der Waals surface area contributed by atoms with Crippen molar-refractivity contribution < 1.29 is 4.74 Å². The molecule has 4 aromatic rings. The molecule has 0 unspecified atom stereocenters. The van der Waals surface area contributed by atoms with E-state index in [2.05, 4.69) is 60.5 Å². The van der Waals surface area contributed by atoms with Gasteiger partial charge in [-0.1, -0.05) is 36.4 Å². The number of fused-ring (bicyclic) bond motifs is 1. The highest BCUT2D eigenvalue weighted by molar-refractivity contribution is 5.85. The lowest BCUT2D eigenvalue weighted by atomic mass is 10.1. The Bertz CT molecular complexity index is 1170. The van der Waals surface area contributed by atoms with Gasteiger partial charge in [-0.2, -0.15) is 5.10 Å². The molecule has 2 heterocycles. The fraction of sp³-hybridized carbons (Fsp3) is 0.308. The zero-order chi connectivity index (χ0) is 22.5. The van der Waals surface area contributed by atoms with Crippen molar-refractivity contribution in [2.45, 2.75) is 26.4 Å². The van der Waals surface area contributed by atoms with E-state index in [0.29, 0.717) is 0 Å². The Hall–Kier alpha value is -3.22. The molecule has 6 nitrogen and oxygen atoms in total. The second-order valence-corrected chi connectivity index (χ2v) is 8.38. The normalized spacial score (nSPS) is 11.6. The first-order chi connectivity index (χ1) is 15.5. The Morgan fingerprint density at radius 1 is 1.06 bits per heavy atom. The minimum Gasteiger partial charge on any atom is -0.456 e. The number of nitrogens with zero attached hydrogens (tertiary/aromatic N) is 4. The predicted molar refractivity (Wildman–Crippen MR) is 130 cm³/mol. The van der Waals surface area contributed by atoms with Gasteiger partial charge in [0.1, 0.15) is 11.5 Å². The lowest BCUT2D eigenvalue weighted by Gasteiger charge is -2.17. The molecule has 0 fully saturated rings. The number of benzene rings is 2. The van der Waals surface area contributed by atoms with Crippen LogP contribution in [0.15, 0.2) is 66.9 Å². The largest absolute Gasteiger partial charge is 0.456 e. The van der Waals surface area contributed by atoms with Gasteiger partial charge in [-0.15, -0.1) is 0 Å². The maximum Gasteiger partial charge on any atom is 0.162 e. The molecule has 0 aliphatic heterocycles. The molecule has 2 aromatic heterocycles. The standard InChI is InChI=1S/C26H31N5O/c1-19(2)31-26-23(17-28-31)25(32-22-11-6-5-7-12-22)16-24(29-26)21-10-8-9-20(15-21)18-30(4)14-13-27-3/h5-12,15-17,19,27H,13-14,18H2,1-4H3. The van der Waals surface area contributed by atoms with Crippen LogP contribution >= 0.6 is 0 Å². The quantitative estimate of drug-likeness (QED) is 0.400. The number of rotatable bonds is 9. The first kappa shape index (κ1) is 22.0. The monoisotopic (exact) mass is 429 g/mol. The van der Waals surface area contributed by atoms with Crippen molar-refractivity contribution in [2.24, 2.45) is 0 Å². The highest BCUT2D eigenvalue weighted by Crippen LogP contribution is 2.34. The van der Waals surface area contributed by atoms with Crippen LogP contribution in [-0.4, -0.2) is 46.8 Å². The predicted octanol–water partition coefficient (Wildman–Crippen LogP) is 5.12. The molecule has 0 amide bonds. The highest BCUT2D eigenvalue weighted by Gasteiger charge is 2.16. The number of para-hydroxylation sites is 1. The van der Waals surface area contributed by atoms with Gasteiger partial charge in [-0.25, -0.2) is 9.67 Å². The molecule has 0 aliphatic rings. The van der Waals surface area contributed by atoms with Gasteiger partial charge in [0.2, 0.25) is 0 Å². The minimum atomic E-state index is 0.201. The van der Waals surface area contributed by atoms with Gasteiger partial charge in [0.25, 0.3) is 0 Å². The molecule has 1 N–H and O–H groups in total. The number of aromatic nitrogens is 3. The van der Waals surface area contributed by atoms with E-state index in [1.807, 2.05) is 54.3 Å². The van der Waals surface area contributed by atoms with Gasteiger partial charge < -0.3 is 15.0 Å². The first-order valence-corrected chi connectivity index (χ1v) is 11.1. The van der Waals surface area contributed by atoms with Crippen molar-refractivity contribution in [1.29, 1.82) is 0 Å². The summed E-state index contributed by atoms with van der Waals surface area (Å²) in [6.07, 6.45) is 1.84. The number of pyridine rings is 1. The molecule has 6 heteroatoms. The lowest BCUT2D eigenvalue weighted by molar-refractivity contribution is 0.328. The molecule has 166 valence electrons. The first-order valence-electron chi connectivity index (χ1n) is 11.1. The molecule has 4 rings (SSSR count). The summed E-state index contributed by atoms with van der Waals surface area (Å²) in [7, 11) is 4.12. The van der Waals surface area contributed by atoms with Crippen LogP contribution in [0.5, 0.6) is 11.5 Å². The van der Waals surface area contributed by atoms with Gasteiger partial charge in [-0.3, -0.25) is 0 Å². The second kappa shape index (κ2) is 9.94. The third kappa shape index (κ3) is 4.98. The Labute approximate surface area is 189 Å². The van der Waals surface area contributed by atoms with Crippen LogP contribution in [0, 0.1) is 0 Å². The Balaban J connectivity index is 1.74. The van der Waals surface area contributed by atoms with E-state index in [0.717, 1.165) is 53.4 Å². The summed E-state index contributed by atoms with van der Waals surface area (Å²) in [5.74, 6) is 1.56. The second-order valence-electron chi connectivity index (χ2n) is 8.38. The Morgan fingerprint density at radius 3 is 2.62 bits per heavy atom. The molecule has 0 bridgehead atoms. The van der Waals surface area contributed by atoms with E-state index in [1.165, 1.54) is 5.56 Å². The Kier molecular flexibility index (Phi) is 6.83. The van der Waals surface area contributed by atoms with Crippen LogP contribution in [0.1, 0.15) is 25.5 Å². The van der Waals surface area contributed by atoms with Crippen molar-refractivity contribution in [1.82, 2.24) is 25.0 Å². The smallest absolute Gasteiger partial charge is 0.162 e. The minimum absolute atomic E-state index is 0.201. The van der Waals surface area contributed by atoms with E-state index in [4.69, 9.17) is 9.72 Å². The van der Waals surface area contributed by atoms with E-state index in [9.17, 15) is 0 Å². The van der Waals surface area contributed by atoms with Crippen molar-refractivity contribution >= 4 is 11.0 Å². The number of ether oxygens (including phenoxy) is 1. The summed E-state index contributed by atoms with van der Waals surface area (Å²) in [6, 6.07) is 20.6. The number of hydrogen-bond donors (Lipinski definition) is 1. The van der Waals surface area contributed by atoms with E-state index in [-0.39, 0.29) is 6.04 Å². The molecule has 0 radical (unpaired) electrons. The van der Waals surface area contributed by atoms with E-state index >= 15 is 0 Å². The number of nitrogens with one attached hydrogen (secondary N) is 1. The average Bonchev–Trinajstić information content (AvgIpc) is 3.23. The summed E-state index contributed by atoms with van der Waals surface area (Å²) in [6.45, 7) is 7.07. The zero-order valence-corrected chi connectivity index (χ0v) is 19.2. The highest BCUT2D eigenvalue weighted by atomic mass is 16.5. The lowest BCUT2D eigenvalue weighted by Crippen LogP contribution is -2.26. The third-order valence-electron chi connectivity index (χ3n) is 5.41. The molecule has 0 saturated heterocycles. The fourth-order valence-electron chi connectivity index (χ4n) is 3.74. The van der Waals surface area contributed by atoms with Crippen molar-refractivity contribution in [3.05, 3.63) is 72.4 Å². The van der Waals surface area contributed by atoms with Crippen molar-refractivity contribution in [2.75, 3.05) is 27.2 Å². The summed E-state index contributed by atoms with van der Waals surface area (Å²) in [5.41, 5.74) is 4.04. The summed E-state index contributed by atoms with van der Waals surface area (Å²) < 4.78 is 8.23. The molecular formula is C26H31N5O. The van der Waals surface area contributed by atoms with Gasteiger partial charge in [0, 0.05) is 37.3 Å². The molecule has 0 atom stereocenters. The molecule has 32 heavy (non-hydrogen) atoms. The third-order valence-corrected chi connectivity index (χ3v) is 5.41. The summed E-state index contributed by atoms with van der Waals surface area (Å²) in [4.78, 5) is 7.31. The number of hydrogen-bond acceptors (Lipinski definition) is 5. The topological polar surface area (TPSA) is 55.2 Å². The fourth-order valence-corrected chi connectivity index (χ4v) is 3.74. The van der Waals surface area contributed by atoms with Crippen LogP contribution < -0.4 is 10.1 Å². The van der Waals surface area contributed by atoms with Crippen LogP contribution in [0.4, 0.5) is 0 Å². The molecule has 0 spiro atoms.